The largest absolute Gasteiger partial charge is 0.392 e. The molecule has 0 aromatic carbocycles. The molecule has 1 N–H and O–H groups in total. The minimum absolute atomic E-state index is 0.215. The molecule has 0 bridgehead atoms. The second-order valence-corrected chi connectivity index (χ2v) is 6.89. The zero-order chi connectivity index (χ0) is 15.2. The van der Waals surface area contributed by atoms with Crippen molar-refractivity contribution in [2.45, 2.75) is 84.3 Å². The molecule has 120 valence electrons. The number of aliphatic hydroxyl groups excluding tert-OH is 1. The van der Waals surface area contributed by atoms with E-state index in [0.29, 0.717) is 18.4 Å². The third kappa shape index (κ3) is 4.57. The average Bonchev–Trinajstić information content (AvgIpc) is 2.96. The molecule has 3 heteroatoms. The van der Waals surface area contributed by atoms with Crippen LogP contribution in [-0.4, -0.2) is 21.0 Å². The van der Waals surface area contributed by atoms with E-state index < -0.39 is 0 Å². The van der Waals surface area contributed by atoms with Crippen LogP contribution < -0.4 is 0 Å². The number of rotatable bonds is 7. The fourth-order valence-electron chi connectivity index (χ4n) is 3.57. The van der Waals surface area contributed by atoms with E-state index in [1.165, 1.54) is 38.5 Å². The smallest absolute Gasteiger partial charge is 0.0650 e. The SMILES string of the molecule is CCCC1CCC(C(O)Cc2ccn(C(C)CC)n2)CC1. The minimum atomic E-state index is -0.215. The van der Waals surface area contributed by atoms with Crippen LogP contribution in [0.2, 0.25) is 0 Å². The lowest BCUT2D eigenvalue weighted by Gasteiger charge is -2.31. The van der Waals surface area contributed by atoms with Crippen molar-refractivity contribution in [3.8, 4) is 0 Å². The highest BCUT2D eigenvalue weighted by atomic mass is 16.3. The molecule has 1 fully saturated rings. The van der Waals surface area contributed by atoms with Gasteiger partial charge in [0.15, 0.2) is 0 Å². The zero-order valence-corrected chi connectivity index (χ0v) is 14.0. The number of nitrogens with zero attached hydrogens (tertiary/aromatic N) is 2. The maximum atomic E-state index is 10.5. The van der Waals surface area contributed by atoms with Crippen molar-refractivity contribution in [3.63, 3.8) is 0 Å². The second-order valence-electron chi connectivity index (χ2n) is 6.89. The lowest BCUT2D eigenvalue weighted by atomic mass is 9.77. The average molecular weight is 292 g/mol. The highest BCUT2D eigenvalue weighted by Crippen LogP contribution is 2.34. The molecule has 2 unspecified atom stereocenters. The molecule has 1 aromatic rings. The number of hydrogen-bond acceptors (Lipinski definition) is 2. The van der Waals surface area contributed by atoms with Gasteiger partial charge in [0.25, 0.3) is 0 Å². The Balaban J connectivity index is 1.82. The van der Waals surface area contributed by atoms with Gasteiger partial charge in [-0.15, -0.1) is 0 Å². The van der Waals surface area contributed by atoms with E-state index in [0.717, 1.165) is 18.0 Å². The van der Waals surface area contributed by atoms with Crippen LogP contribution >= 0.6 is 0 Å². The van der Waals surface area contributed by atoms with E-state index >= 15 is 0 Å². The fourth-order valence-corrected chi connectivity index (χ4v) is 3.57. The van der Waals surface area contributed by atoms with Gasteiger partial charge in [-0.05, 0) is 44.1 Å². The van der Waals surface area contributed by atoms with Gasteiger partial charge in [0.05, 0.1) is 11.8 Å². The van der Waals surface area contributed by atoms with Gasteiger partial charge in [0, 0.05) is 18.7 Å². The first kappa shape index (κ1) is 16.5. The summed E-state index contributed by atoms with van der Waals surface area (Å²) in [5, 5.41) is 15.1. The van der Waals surface area contributed by atoms with Crippen molar-refractivity contribution in [2.75, 3.05) is 0 Å². The Morgan fingerprint density at radius 1 is 1.29 bits per heavy atom. The zero-order valence-electron chi connectivity index (χ0n) is 14.0. The molecule has 0 spiro atoms. The van der Waals surface area contributed by atoms with Crippen LogP contribution in [0.5, 0.6) is 0 Å². The molecule has 1 aliphatic carbocycles. The van der Waals surface area contributed by atoms with Crippen molar-refractivity contribution in [3.05, 3.63) is 18.0 Å². The van der Waals surface area contributed by atoms with Crippen LogP contribution in [0.4, 0.5) is 0 Å². The Morgan fingerprint density at radius 3 is 2.62 bits per heavy atom. The molecule has 3 nitrogen and oxygen atoms in total. The molecular weight excluding hydrogens is 260 g/mol. The van der Waals surface area contributed by atoms with Gasteiger partial charge in [0.1, 0.15) is 0 Å². The summed E-state index contributed by atoms with van der Waals surface area (Å²) in [7, 11) is 0. The van der Waals surface area contributed by atoms with Gasteiger partial charge in [-0.25, -0.2) is 0 Å². The molecule has 0 amide bonds. The number of hydrogen-bond donors (Lipinski definition) is 1. The van der Waals surface area contributed by atoms with Crippen LogP contribution in [0.3, 0.4) is 0 Å². The molecule has 2 rings (SSSR count). The van der Waals surface area contributed by atoms with Crippen LogP contribution in [0.15, 0.2) is 12.3 Å². The summed E-state index contributed by atoms with van der Waals surface area (Å²) in [4.78, 5) is 0. The number of aliphatic hydroxyl groups is 1. The Morgan fingerprint density at radius 2 is 2.00 bits per heavy atom. The molecule has 1 aliphatic rings. The summed E-state index contributed by atoms with van der Waals surface area (Å²) in [5.74, 6) is 1.38. The standard InChI is InChI=1S/C18H32N2O/c1-4-6-15-7-9-16(10-8-15)18(21)13-17-11-12-20(19-17)14(3)5-2/h11-12,14-16,18,21H,4-10,13H2,1-3H3. The van der Waals surface area contributed by atoms with Crippen molar-refractivity contribution in [1.29, 1.82) is 0 Å². The Kier molecular flexibility index (Phi) is 6.28. The first-order valence-corrected chi connectivity index (χ1v) is 8.86. The first-order chi connectivity index (χ1) is 10.1. The van der Waals surface area contributed by atoms with Crippen LogP contribution in [0.1, 0.15) is 77.5 Å². The third-order valence-corrected chi connectivity index (χ3v) is 5.26. The van der Waals surface area contributed by atoms with E-state index in [1.807, 2.05) is 10.9 Å². The first-order valence-electron chi connectivity index (χ1n) is 8.86. The summed E-state index contributed by atoms with van der Waals surface area (Å²) >= 11 is 0. The van der Waals surface area contributed by atoms with Crippen molar-refractivity contribution >= 4 is 0 Å². The van der Waals surface area contributed by atoms with Gasteiger partial charge in [-0.2, -0.15) is 5.10 Å². The Hall–Kier alpha value is -0.830. The van der Waals surface area contributed by atoms with Gasteiger partial charge >= 0.3 is 0 Å². The fraction of sp³-hybridized carbons (Fsp3) is 0.833. The Labute approximate surface area is 129 Å². The molecule has 1 heterocycles. The van der Waals surface area contributed by atoms with Crippen molar-refractivity contribution < 1.29 is 5.11 Å². The topological polar surface area (TPSA) is 38.0 Å². The molecule has 1 aromatic heterocycles. The van der Waals surface area contributed by atoms with E-state index in [9.17, 15) is 5.11 Å². The monoisotopic (exact) mass is 292 g/mol. The minimum Gasteiger partial charge on any atom is -0.392 e. The predicted octanol–water partition coefficient (Wildman–Crippen LogP) is 4.36. The molecule has 1 saturated carbocycles. The summed E-state index contributed by atoms with van der Waals surface area (Å²) in [6.07, 6.45) is 11.3. The van der Waals surface area contributed by atoms with Crippen LogP contribution in [-0.2, 0) is 6.42 Å². The van der Waals surface area contributed by atoms with E-state index in [4.69, 9.17) is 0 Å². The predicted molar refractivity (Wildman–Crippen MR) is 87.3 cm³/mol. The molecule has 0 aliphatic heterocycles. The summed E-state index contributed by atoms with van der Waals surface area (Å²) in [5.41, 5.74) is 1.04. The maximum absolute atomic E-state index is 10.5. The third-order valence-electron chi connectivity index (χ3n) is 5.26. The second kappa shape index (κ2) is 7.98. The van der Waals surface area contributed by atoms with Gasteiger partial charge < -0.3 is 5.11 Å². The lowest BCUT2D eigenvalue weighted by molar-refractivity contribution is 0.0719. The summed E-state index contributed by atoms with van der Waals surface area (Å²) in [6.45, 7) is 6.63. The highest BCUT2D eigenvalue weighted by molar-refractivity contribution is 5.02. The molecule has 21 heavy (non-hydrogen) atoms. The molecule has 2 atom stereocenters. The maximum Gasteiger partial charge on any atom is 0.0650 e. The number of aromatic nitrogens is 2. The summed E-state index contributed by atoms with van der Waals surface area (Å²) in [6, 6.07) is 2.51. The van der Waals surface area contributed by atoms with E-state index in [1.54, 1.807) is 0 Å². The summed E-state index contributed by atoms with van der Waals surface area (Å²) < 4.78 is 2.03. The van der Waals surface area contributed by atoms with E-state index in [2.05, 4.69) is 31.9 Å². The highest BCUT2D eigenvalue weighted by Gasteiger charge is 2.26. The Bertz CT molecular complexity index is 407. The van der Waals surface area contributed by atoms with Gasteiger partial charge in [-0.1, -0.05) is 39.5 Å². The van der Waals surface area contributed by atoms with Gasteiger partial charge in [-0.3, -0.25) is 4.68 Å². The quantitative estimate of drug-likeness (QED) is 0.810. The molecular formula is C18H32N2O. The molecule has 0 saturated heterocycles. The lowest BCUT2D eigenvalue weighted by Crippen LogP contribution is -2.27. The van der Waals surface area contributed by atoms with E-state index in [-0.39, 0.29) is 6.10 Å². The van der Waals surface area contributed by atoms with Crippen molar-refractivity contribution in [2.24, 2.45) is 11.8 Å². The van der Waals surface area contributed by atoms with Crippen LogP contribution in [0, 0.1) is 11.8 Å². The van der Waals surface area contributed by atoms with Gasteiger partial charge in [0.2, 0.25) is 0 Å². The normalized spacial score (nSPS) is 25.7. The van der Waals surface area contributed by atoms with Crippen molar-refractivity contribution in [1.82, 2.24) is 9.78 Å². The van der Waals surface area contributed by atoms with Crippen LogP contribution in [0.25, 0.3) is 0 Å². The molecule has 0 radical (unpaired) electrons.